The van der Waals surface area contributed by atoms with Crippen LogP contribution in [0.25, 0.3) is 0 Å². The van der Waals surface area contributed by atoms with Crippen molar-refractivity contribution in [1.82, 2.24) is 0 Å². The molecular formula is C8H16OSi. The summed E-state index contributed by atoms with van der Waals surface area (Å²) >= 11 is 0. The molecule has 0 aromatic heterocycles. The van der Waals surface area contributed by atoms with Gasteiger partial charge in [0, 0.05) is 6.61 Å². The van der Waals surface area contributed by atoms with E-state index in [1.54, 1.807) is 0 Å². The third-order valence-electron chi connectivity index (χ3n) is 1.03. The van der Waals surface area contributed by atoms with Crippen molar-refractivity contribution >= 4 is 9.76 Å². The topological polar surface area (TPSA) is 9.23 Å². The maximum absolute atomic E-state index is 5.34. The fourth-order valence-electron chi connectivity index (χ4n) is 0.435. The van der Waals surface area contributed by atoms with Gasteiger partial charge in [0.05, 0.1) is 0 Å². The van der Waals surface area contributed by atoms with Gasteiger partial charge in [0.15, 0.2) is 0 Å². The van der Waals surface area contributed by atoms with Crippen molar-refractivity contribution in [2.24, 2.45) is 0 Å². The lowest BCUT2D eigenvalue weighted by molar-refractivity contribution is 0.331. The SMILES string of the molecule is CCCCO[Si]C=C(C)C. The van der Waals surface area contributed by atoms with Crippen LogP contribution in [-0.4, -0.2) is 16.4 Å². The van der Waals surface area contributed by atoms with Gasteiger partial charge >= 0.3 is 0 Å². The van der Waals surface area contributed by atoms with Crippen LogP contribution in [0.15, 0.2) is 11.3 Å². The van der Waals surface area contributed by atoms with E-state index in [9.17, 15) is 0 Å². The van der Waals surface area contributed by atoms with Gasteiger partial charge in [-0.05, 0) is 20.3 Å². The lowest BCUT2D eigenvalue weighted by Gasteiger charge is -1.96. The maximum atomic E-state index is 5.34. The summed E-state index contributed by atoms with van der Waals surface area (Å²) in [5, 5.41) is 0. The highest BCUT2D eigenvalue weighted by molar-refractivity contribution is 6.34. The molecule has 0 bridgehead atoms. The molecule has 0 fully saturated rings. The summed E-state index contributed by atoms with van der Waals surface area (Å²) in [6, 6.07) is 0. The summed E-state index contributed by atoms with van der Waals surface area (Å²) in [5.41, 5.74) is 3.48. The summed E-state index contributed by atoms with van der Waals surface area (Å²) in [6.07, 6.45) is 2.41. The summed E-state index contributed by atoms with van der Waals surface area (Å²) in [5.74, 6) is 0. The van der Waals surface area contributed by atoms with Crippen LogP contribution in [0.5, 0.6) is 0 Å². The first-order valence-corrected chi connectivity index (χ1v) is 4.76. The van der Waals surface area contributed by atoms with Crippen LogP contribution in [0.1, 0.15) is 33.6 Å². The molecule has 0 N–H and O–H groups in total. The number of hydrogen-bond acceptors (Lipinski definition) is 1. The van der Waals surface area contributed by atoms with Crippen LogP contribution >= 0.6 is 0 Å². The van der Waals surface area contributed by atoms with Gasteiger partial charge in [-0.3, -0.25) is 0 Å². The molecular weight excluding hydrogens is 140 g/mol. The van der Waals surface area contributed by atoms with Crippen LogP contribution in [0.4, 0.5) is 0 Å². The van der Waals surface area contributed by atoms with E-state index in [1.165, 1.54) is 18.4 Å². The first-order valence-electron chi connectivity index (χ1n) is 3.78. The van der Waals surface area contributed by atoms with Gasteiger partial charge in [-0.1, -0.05) is 24.6 Å². The predicted molar refractivity (Wildman–Crippen MR) is 46.0 cm³/mol. The van der Waals surface area contributed by atoms with Crippen molar-refractivity contribution in [2.75, 3.05) is 6.61 Å². The predicted octanol–water partition coefficient (Wildman–Crippen LogP) is 2.35. The minimum atomic E-state index is 0.560. The van der Waals surface area contributed by atoms with Crippen LogP contribution < -0.4 is 0 Å². The molecule has 2 heteroatoms. The molecule has 2 radical (unpaired) electrons. The molecule has 0 aromatic rings. The molecule has 0 amide bonds. The molecule has 0 aliphatic carbocycles. The van der Waals surface area contributed by atoms with Crippen LogP contribution in [0.2, 0.25) is 0 Å². The smallest absolute Gasteiger partial charge is 0.260 e. The Kier molecular flexibility index (Phi) is 6.97. The zero-order valence-electron chi connectivity index (χ0n) is 7.11. The molecule has 0 heterocycles. The van der Waals surface area contributed by atoms with E-state index in [0.717, 1.165) is 6.61 Å². The van der Waals surface area contributed by atoms with Crippen LogP contribution in [-0.2, 0) is 4.43 Å². The Labute approximate surface area is 66.4 Å². The zero-order valence-corrected chi connectivity index (χ0v) is 8.11. The Morgan fingerprint density at radius 1 is 1.50 bits per heavy atom. The molecule has 10 heavy (non-hydrogen) atoms. The molecule has 0 unspecified atom stereocenters. The third kappa shape index (κ3) is 7.92. The van der Waals surface area contributed by atoms with Crippen LogP contribution in [0.3, 0.4) is 0 Å². The maximum Gasteiger partial charge on any atom is 0.260 e. The summed E-state index contributed by atoms with van der Waals surface area (Å²) in [4.78, 5) is 0. The summed E-state index contributed by atoms with van der Waals surface area (Å²) in [6.45, 7) is 7.28. The van der Waals surface area contributed by atoms with E-state index in [0.29, 0.717) is 9.76 Å². The Bertz CT molecular complexity index is 95.4. The van der Waals surface area contributed by atoms with Gasteiger partial charge in [-0.2, -0.15) is 0 Å². The van der Waals surface area contributed by atoms with E-state index in [1.807, 2.05) is 0 Å². The second kappa shape index (κ2) is 7.03. The molecule has 0 saturated carbocycles. The van der Waals surface area contributed by atoms with Crippen molar-refractivity contribution in [1.29, 1.82) is 0 Å². The highest BCUT2D eigenvalue weighted by Gasteiger charge is 1.85. The highest BCUT2D eigenvalue weighted by Crippen LogP contribution is 1.89. The average Bonchev–Trinajstić information content (AvgIpc) is 1.87. The third-order valence-corrected chi connectivity index (χ3v) is 2.10. The number of unbranched alkanes of at least 4 members (excludes halogenated alkanes) is 1. The quantitative estimate of drug-likeness (QED) is 0.438. The van der Waals surface area contributed by atoms with Crippen molar-refractivity contribution < 1.29 is 4.43 Å². The Hall–Kier alpha value is -0.0831. The molecule has 1 nitrogen and oxygen atoms in total. The van der Waals surface area contributed by atoms with E-state index in [-0.39, 0.29) is 0 Å². The Morgan fingerprint density at radius 3 is 2.70 bits per heavy atom. The first kappa shape index (κ1) is 9.92. The normalized spacial score (nSPS) is 9.50. The number of hydrogen-bond donors (Lipinski definition) is 0. The molecule has 0 aromatic carbocycles. The molecule has 58 valence electrons. The first-order chi connectivity index (χ1) is 4.77. The molecule has 0 aliphatic rings. The van der Waals surface area contributed by atoms with E-state index in [4.69, 9.17) is 4.43 Å². The van der Waals surface area contributed by atoms with Gasteiger partial charge in [-0.15, -0.1) is 0 Å². The van der Waals surface area contributed by atoms with Crippen molar-refractivity contribution in [3.05, 3.63) is 11.3 Å². The second-order valence-corrected chi connectivity index (χ2v) is 3.35. The van der Waals surface area contributed by atoms with Gasteiger partial charge in [0.1, 0.15) is 0 Å². The Balaban J connectivity index is 2.98. The molecule has 0 spiro atoms. The van der Waals surface area contributed by atoms with Gasteiger partial charge < -0.3 is 4.43 Å². The summed E-state index contributed by atoms with van der Waals surface area (Å²) < 4.78 is 5.34. The fourth-order valence-corrected chi connectivity index (χ4v) is 1.02. The van der Waals surface area contributed by atoms with E-state index < -0.39 is 0 Å². The molecule has 0 atom stereocenters. The lowest BCUT2D eigenvalue weighted by Crippen LogP contribution is -1.97. The largest absolute Gasteiger partial charge is 0.412 e. The van der Waals surface area contributed by atoms with Gasteiger partial charge in [-0.25, -0.2) is 0 Å². The average molecular weight is 156 g/mol. The monoisotopic (exact) mass is 156 g/mol. The Morgan fingerprint density at radius 2 is 2.20 bits per heavy atom. The number of rotatable bonds is 5. The van der Waals surface area contributed by atoms with Gasteiger partial charge in [0.2, 0.25) is 0 Å². The van der Waals surface area contributed by atoms with E-state index in [2.05, 4.69) is 26.5 Å². The van der Waals surface area contributed by atoms with Crippen molar-refractivity contribution in [2.45, 2.75) is 33.6 Å². The number of allylic oxidation sites excluding steroid dienone is 1. The molecule has 0 aliphatic heterocycles. The standard InChI is InChI=1S/C8H16OSi/c1-4-5-6-9-10-7-8(2)3/h7H,4-6H2,1-3H3. The van der Waals surface area contributed by atoms with Crippen LogP contribution in [0, 0.1) is 0 Å². The minimum absolute atomic E-state index is 0.560. The second-order valence-electron chi connectivity index (χ2n) is 2.54. The van der Waals surface area contributed by atoms with Crippen molar-refractivity contribution in [3.63, 3.8) is 0 Å². The highest BCUT2D eigenvalue weighted by atomic mass is 28.2. The summed E-state index contributed by atoms with van der Waals surface area (Å²) in [7, 11) is 0.560. The zero-order chi connectivity index (χ0) is 7.82. The fraction of sp³-hybridized carbons (Fsp3) is 0.750. The van der Waals surface area contributed by atoms with Gasteiger partial charge in [0.25, 0.3) is 9.76 Å². The lowest BCUT2D eigenvalue weighted by atomic mass is 10.4. The molecule has 0 saturated heterocycles. The molecule has 0 rings (SSSR count). The van der Waals surface area contributed by atoms with Crippen molar-refractivity contribution in [3.8, 4) is 0 Å². The minimum Gasteiger partial charge on any atom is -0.412 e. The van der Waals surface area contributed by atoms with E-state index >= 15 is 0 Å².